The molecule has 1 saturated carbocycles. The molecule has 0 bridgehead atoms. The molecule has 0 saturated heterocycles. The lowest BCUT2D eigenvalue weighted by molar-refractivity contribution is 0.268. The molecule has 1 heterocycles. The van der Waals surface area contributed by atoms with Crippen LogP contribution in [0.2, 0.25) is 0 Å². The third kappa shape index (κ3) is 2.71. The van der Waals surface area contributed by atoms with Crippen molar-refractivity contribution in [2.75, 3.05) is 6.54 Å². The number of nitrogens with zero attached hydrogens (tertiary/aromatic N) is 1. The van der Waals surface area contributed by atoms with Crippen LogP contribution in [-0.2, 0) is 6.54 Å². The van der Waals surface area contributed by atoms with Gasteiger partial charge in [0, 0.05) is 24.3 Å². The Labute approximate surface area is 104 Å². The molecule has 0 spiro atoms. The van der Waals surface area contributed by atoms with Crippen LogP contribution in [0.4, 0.5) is 0 Å². The summed E-state index contributed by atoms with van der Waals surface area (Å²) in [5, 5.41) is 10.9. The fraction of sp³-hybridized carbons (Fsp3) is 0.786. The van der Waals surface area contributed by atoms with Gasteiger partial charge in [-0.3, -0.25) is 5.10 Å². The smallest absolute Gasteiger partial charge is 0.0638 e. The summed E-state index contributed by atoms with van der Waals surface area (Å²) in [6.07, 6.45) is 6.95. The van der Waals surface area contributed by atoms with Gasteiger partial charge in [-0.1, -0.05) is 19.8 Å². The lowest BCUT2D eigenvalue weighted by Gasteiger charge is -2.27. The summed E-state index contributed by atoms with van der Waals surface area (Å²) < 4.78 is 0. The summed E-state index contributed by atoms with van der Waals surface area (Å²) in [6.45, 7) is 8.62. The number of aryl methyl sites for hydroxylation is 2. The van der Waals surface area contributed by atoms with E-state index in [-0.39, 0.29) is 0 Å². The molecular weight excluding hydrogens is 210 g/mol. The van der Waals surface area contributed by atoms with Crippen molar-refractivity contribution in [3.63, 3.8) is 0 Å². The Balaban J connectivity index is 1.87. The molecule has 0 radical (unpaired) electrons. The van der Waals surface area contributed by atoms with Gasteiger partial charge in [-0.05, 0) is 38.5 Å². The van der Waals surface area contributed by atoms with E-state index in [0.29, 0.717) is 5.41 Å². The Morgan fingerprint density at radius 2 is 2.00 bits per heavy atom. The Morgan fingerprint density at radius 3 is 2.53 bits per heavy atom. The van der Waals surface area contributed by atoms with Crippen molar-refractivity contribution in [3.05, 3.63) is 17.0 Å². The molecule has 0 unspecified atom stereocenters. The first kappa shape index (κ1) is 12.6. The standard InChI is InChI=1S/C14H25N3/c1-4-14(7-5-6-8-14)10-15-9-13-11(2)16-17-12(13)3/h15H,4-10H2,1-3H3,(H,16,17). The molecule has 2 rings (SSSR count). The first-order valence-corrected chi connectivity index (χ1v) is 6.88. The normalized spacial score (nSPS) is 18.8. The molecule has 96 valence electrons. The van der Waals surface area contributed by atoms with Gasteiger partial charge >= 0.3 is 0 Å². The minimum atomic E-state index is 0.575. The van der Waals surface area contributed by atoms with Gasteiger partial charge in [-0.15, -0.1) is 0 Å². The molecule has 1 fully saturated rings. The van der Waals surface area contributed by atoms with Crippen molar-refractivity contribution in [1.82, 2.24) is 15.5 Å². The number of aromatic nitrogens is 2. The second-order valence-electron chi connectivity index (χ2n) is 5.58. The topological polar surface area (TPSA) is 40.7 Å². The number of nitrogens with one attached hydrogen (secondary N) is 2. The second-order valence-corrected chi connectivity index (χ2v) is 5.58. The minimum absolute atomic E-state index is 0.575. The molecule has 2 N–H and O–H groups in total. The van der Waals surface area contributed by atoms with Crippen molar-refractivity contribution < 1.29 is 0 Å². The van der Waals surface area contributed by atoms with Crippen LogP contribution in [0.25, 0.3) is 0 Å². The average molecular weight is 235 g/mol. The Morgan fingerprint density at radius 1 is 1.29 bits per heavy atom. The van der Waals surface area contributed by atoms with E-state index in [1.165, 1.54) is 43.4 Å². The van der Waals surface area contributed by atoms with Crippen LogP contribution >= 0.6 is 0 Å². The summed E-state index contributed by atoms with van der Waals surface area (Å²) in [5.41, 5.74) is 4.25. The van der Waals surface area contributed by atoms with Crippen LogP contribution in [0, 0.1) is 19.3 Å². The van der Waals surface area contributed by atoms with E-state index >= 15 is 0 Å². The lowest BCUT2D eigenvalue weighted by Crippen LogP contribution is -2.31. The van der Waals surface area contributed by atoms with E-state index in [2.05, 4.69) is 36.3 Å². The molecule has 3 nitrogen and oxygen atoms in total. The second kappa shape index (κ2) is 5.21. The van der Waals surface area contributed by atoms with Crippen LogP contribution in [0.5, 0.6) is 0 Å². The van der Waals surface area contributed by atoms with E-state index < -0.39 is 0 Å². The van der Waals surface area contributed by atoms with Crippen molar-refractivity contribution in [1.29, 1.82) is 0 Å². The quantitative estimate of drug-likeness (QED) is 0.823. The summed E-state index contributed by atoms with van der Waals surface area (Å²) in [4.78, 5) is 0. The number of hydrogen-bond acceptors (Lipinski definition) is 2. The van der Waals surface area contributed by atoms with Gasteiger partial charge in [0.1, 0.15) is 0 Å². The highest BCUT2D eigenvalue weighted by molar-refractivity contribution is 5.22. The molecule has 1 aliphatic rings. The predicted octanol–water partition coefficient (Wildman–Crippen LogP) is 3.09. The Hall–Kier alpha value is -0.830. The molecule has 1 aromatic heterocycles. The van der Waals surface area contributed by atoms with Crippen LogP contribution < -0.4 is 5.32 Å². The molecule has 0 aromatic carbocycles. The van der Waals surface area contributed by atoms with Crippen molar-refractivity contribution in [2.45, 2.75) is 59.4 Å². The average Bonchev–Trinajstić information content (AvgIpc) is 2.91. The fourth-order valence-electron chi connectivity index (χ4n) is 3.07. The number of aromatic amines is 1. The van der Waals surface area contributed by atoms with E-state index in [1.807, 2.05) is 0 Å². The Kier molecular flexibility index (Phi) is 3.87. The molecular formula is C14H25N3. The van der Waals surface area contributed by atoms with Gasteiger partial charge in [0.15, 0.2) is 0 Å². The van der Waals surface area contributed by atoms with E-state index in [4.69, 9.17) is 0 Å². The van der Waals surface area contributed by atoms with Crippen molar-refractivity contribution in [3.8, 4) is 0 Å². The fourth-order valence-corrected chi connectivity index (χ4v) is 3.07. The first-order valence-electron chi connectivity index (χ1n) is 6.88. The zero-order valence-electron chi connectivity index (χ0n) is 11.4. The maximum atomic E-state index is 4.24. The van der Waals surface area contributed by atoms with E-state index in [0.717, 1.165) is 18.8 Å². The third-order valence-corrected chi connectivity index (χ3v) is 4.50. The molecule has 1 aliphatic carbocycles. The van der Waals surface area contributed by atoms with Crippen LogP contribution in [0.3, 0.4) is 0 Å². The summed E-state index contributed by atoms with van der Waals surface area (Å²) in [7, 11) is 0. The molecule has 3 heteroatoms. The van der Waals surface area contributed by atoms with Crippen LogP contribution in [0.1, 0.15) is 56.0 Å². The van der Waals surface area contributed by atoms with E-state index in [9.17, 15) is 0 Å². The van der Waals surface area contributed by atoms with Gasteiger partial charge in [-0.2, -0.15) is 5.10 Å². The number of rotatable bonds is 5. The largest absolute Gasteiger partial charge is 0.312 e. The first-order chi connectivity index (χ1) is 8.17. The summed E-state index contributed by atoms with van der Waals surface area (Å²) >= 11 is 0. The zero-order chi connectivity index (χ0) is 12.3. The van der Waals surface area contributed by atoms with Gasteiger partial charge in [0.25, 0.3) is 0 Å². The van der Waals surface area contributed by atoms with Crippen LogP contribution in [-0.4, -0.2) is 16.7 Å². The van der Waals surface area contributed by atoms with Crippen molar-refractivity contribution in [2.24, 2.45) is 5.41 Å². The third-order valence-electron chi connectivity index (χ3n) is 4.50. The highest BCUT2D eigenvalue weighted by atomic mass is 15.1. The monoisotopic (exact) mass is 235 g/mol. The highest BCUT2D eigenvalue weighted by Crippen LogP contribution is 2.40. The van der Waals surface area contributed by atoms with Gasteiger partial charge in [0.2, 0.25) is 0 Å². The minimum Gasteiger partial charge on any atom is -0.312 e. The van der Waals surface area contributed by atoms with Crippen molar-refractivity contribution >= 4 is 0 Å². The Bertz CT molecular complexity index is 342. The van der Waals surface area contributed by atoms with Gasteiger partial charge < -0.3 is 5.32 Å². The predicted molar refractivity (Wildman–Crippen MR) is 71.0 cm³/mol. The lowest BCUT2D eigenvalue weighted by atomic mass is 9.83. The van der Waals surface area contributed by atoms with E-state index in [1.54, 1.807) is 0 Å². The number of H-pyrrole nitrogens is 1. The van der Waals surface area contributed by atoms with Gasteiger partial charge in [-0.25, -0.2) is 0 Å². The zero-order valence-corrected chi connectivity index (χ0v) is 11.4. The molecule has 17 heavy (non-hydrogen) atoms. The SMILES string of the molecule is CCC1(CNCc2c(C)n[nH]c2C)CCCC1. The van der Waals surface area contributed by atoms with Gasteiger partial charge in [0.05, 0.1) is 5.69 Å². The maximum Gasteiger partial charge on any atom is 0.0638 e. The number of hydrogen-bond donors (Lipinski definition) is 2. The maximum absolute atomic E-state index is 4.24. The summed E-state index contributed by atoms with van der Waals surface area (Å²) in [5.74, 6) is 0. The summed E-state index contributed by atoms with van der Waals surface area (Å²) in [6, 6.07) is 0. The molecule has 0 atom stereocenters. The molecule has 0 aliphatic heterocycles. The molecule has 0 amide bonds. The molecule has 1 aromatic rings. The highest BCUT2D eigenvalue weighted by Gasteiger charge is 2.31. The van der Waals surface area contributed by atoms with Crippen LogP contribution in [0.15, 0.2) is 0 Å².